The molecular weight excluding hydrogens is 192 g/mol. The fraction of sp³-hybridized carbons (Fsp3) is 0.600. The molecule has 0 bridgehead atoms. The molecule has 0 radical (unpaired) electrons. The largest absolute Gasteiger partial charge is 0.327 e. The highest BCUT2D eigenvalue weighted by molar-refractivity contribution is 5.90. The van der Waals surface area contributed by atoms with Gasteiger partial charge in [-0.05, 0) is 5.92 Å². The number of nitrogens with two attached hydrogens (primary N) is 1. The molecule has 0 aliphatic carbocycles. The predicted octanol–water partition coefficient (Wildman–Crippen LogP) is 0.732. The van der Waals surface area contributed by atoms with Gasteiger partial charge in [0.1, 0.15) is 5.82 Å². The summed E-state index contributed by atoms with van der Waals surface area (Å²) in [6, 6.07) is 1.65. The second kappa shape index (κ2) is 4.93. The highest BCUT2D eigenvalue weighted by atomic mass is 16.1. The summed E-state index contributed by atoms with van der Waals surface area (Å²) in [5.41, 5.74) is 5.80. The highest BCUT2D eigenvalue weighted by Gasteiger charge is 2.13. The number of amides is 1. The van der Waals surface area contributed by atoms with E-state index in [0.29, 0.717) is 18.2 Å². The SMILES string of the molecule is CC(C)C(N)CC(=O)Nc1ccnn1C. The van der Waals surface area contributed by atoms with Crippen LogP contribution in [0.15, 0.2) is 12.3 Å². The van der Waals surface area contributed by atoms with Crippen molar-refractivity contribution >= 4 is 11.7 Å². The average Bonchev–Trinajstić information content (AvgIpc) is 2.51. The molecule has 0 aromatic carbocycles. The first-order chi connectivity index (χ1) is 7.00. The van der Waals surface area contributed by atoms with Crippen LogP contribution in [0.1, 0.15) is 20.3 Å². The molecule has 1 amide bonds. The summed E-state index contributed by atoms with van der Waals surface area (Å²) >= 11 is 0. The van der Waals surface area contributed by atoms with Crippen LogP contribution in [0.3, 0.4) is 0 Å². The van der Waals surface area contributed by atoms with Gasteiger partial charge < -0.3 is 11.1 Å². The second-order valence-corrected chi connectivity index (χ2v) is 4.00. The van der Waals surface area contributed by atoms with Crippen LogP contribution in [-0.2, 0) is 11.8 Å². The summed E-state index contributed by atoms with van der Waals surface area (Å²) in [6.07, 6.45) is 1.97. The van der Waals surface area contributed by atoms with Crippen LogP contribution >= 0.6 is 0 Å². The maximum absolute atomic E-state index is 11.5. The van der Waals surface area contributed by atoms with Gasteiger partial charge in [-0.2, -0.15) is 5.10 Å². The molecule has 84 valence electrons. The Hall–Kier alpha value is -1.36. The number of carbonyl (C=O) groups excluding carboxylic acids is 1. The molecule has 15 heavy (non-hydrogen) atoms. The Labute approximate surface area is 89.6 Å². The number of aryl methyl sites for hydroxylation is 1. The number of hydrogen-bond acceptors (Lipinski definition) is 3. The average molecular weight is 210 g/mol. The summed E-state index contributed by atoms with van der Waals surface area (Å²) < 4.78 is 1.61. The van der Waals surface area contributed by atoms with E-state index >= 15 is 0 Å². The third kappa shape index (κ3) is 3.36. The fourth-order valence-corrected chi connectivity index (χ4v) is 1.14. The quantitative estimate of drug-likeness (QED) is 0.769. The van der Waals surface area contributed by atoms with Crippen LogP contribution < -0.4 is 11.1 Å². The van der Waals surface area contributed by atoms with Gasteiger partial charge in [-0.25, -0.2) is 0 Å². The Balaban J connectivity index is 2.47. The molecule has 5 nitrogen and oxygen atoms in total. The molecule has 1 aromatic rings. The number of nitrogens with one attached hydrogen (secondary N) is 1. The highest BCUT2D eigenvalue weighted by Crippen LogP contribution is 2.07. The number of aromatic nitrogens is 2. The Kier molecular flexibility index (Phi) is 3.85. The van der Waals surface area contributed by atoms with Crippen LogP contribution in [0.2, 0.25) is 0 Å². The smallest absolute Gasteiger partial charge is 0.227 e. The number of anilines is 1. The van der Waals surface area contributed by atoms with Gasteiger partial charge in [0.2, 0.25) is 5.91 Å². The van der Waals surface area contributed by atoms with Gasteiger partial charge in [-0.1, -0.05) is 13.8 Å². The molecule has 1 atom stereocenters. The van der Waals surface area contributed by atoms with Gasteiger partial charge >= 0.3 is 0 Å². The standard InChI is InChI=1S/C10H18N4O/c1-7(2)8(11)6-10(15)13-9-4-5-12-14(9)3/h4-5,7-8H,6,11H2,1-3H3,(H,13,15). The first-order valence-electron chi connectivity index (χ1n) is 5.04. The van der Waals surface area contributed by atoms with Crippen molar-refractivity contribution in [3.05, 3.63) is 12.3 Å². The molecule has 1 heterocycles. The van der Waals surface area contributed by atoms with Crippen molar-refractivity contribution in [3.63, 3.8) is 0 Å². The van der Waals surface area contributed by atoms with Crippen molar-refractivity contribution in [3.8, 4) is 0 Å². The lowest BCUT2D eigenvalue weighted by molar-refractivity contribution is -0.116. The molecule has 3 N–H and O–H groups in total. The van der Waals surface area contributed by atoms with Crippen LogP contribution in [0.25, 0.3) is 0 Å². The van der Waals surface area contributed by atoms with Crippen molar-refractivity contribution in [2.24, 2.45) is 18.7 Å². The number of carbonyl (C=O) groups is 1. The molecular formula is C10H18N4O. The molecule has 0 aliphatic heterocycles. The summed E-state index contributed by atoms with van der Waals surface area (Å²) in [7, 11) is 1.78. The second-order valence-electron chi connectivity index (χ2n) is 4.00. The van der Waals surface area contributed by atoms with Crippen LogP contribution in [0, 0.1) is 5.92 Å². The van der Waals surface area contributed by atoms with Crippen molar-refractivity contribution in [1.29, 1.82) is 0 Å². The zero-order chi connectivity index (χ0) is 11.4. The molecule has 0 aliphatic rings. The van der Waals surface area contributed by atoms with Gasteiger partial charge in [0.05, 0.1) is 6.20 Å². The van der Waals surface area contributed by atoms with Crippen molar-refractivity contribution in [2.45, 2.75) is 26.3 Å². The maximum atomic E-state index is 11.5. The Morgan fingerprint density at radius 1 is 1.67 bits per heavy atom. The first-order valence-corrected chi connectivity index (χ1v) is 5.04. The minimum atomic E-state index is -0.0989. The van der Waals surface area contributed by atoms with Crippen LogP contribution in [0.4, 0.5) is 5.82 Å². The molecule has 0 spiro atoms. The molecule has 5 heteroatoms. The van der Waals surface area contributed by atoms with Crippen LogP contribution in [0.5, 0.6) is 0 Å². The Morgan fingerprint density at radius 2 is 2.33 bits per heavy atom. The van der Waals surface area contributed by atoms with E-state index in [4.69, 9.17) is 5.73 Å². The summed E-state index contributed by atoms with van der Waals surface area (Å²) in [6.45, 7) is 4.00. The van der Waals surface area contributed by atoms with Gasteiger partial charge in [0, 0.05) is 25.6 Å². The van der Waals surface area contributed by atoms with Gasteiger partial charge in [-0.3, -0.25) is 9.48 Å². The van der Waals surface area contributed by atoms with Gasteiger partial charge in [0.15, 0.2) is 0 Å². The third-order valence-corrected chi connectivity index (χ3v) is 2.37. The lowest BCUT2D eigenvalue weighted by Gasteiger charge is -2.14. The van der Waals surface area contributed by atoms with Crippen molar-refractivity contribution < 1.29 is 4.79 Å². The van der Waals surface area contributed by atoms with E-state index in [9.17, 15) is 4.79 Å². The summed E-state index contributed by atoms with van der Waals surface area (Å²) in [5.74, 6) is 0.929. The van der Waals surface area contributed by atoms with E-state index < -0.39 is 0 Å². The van der Waals surface area contributed by atoms with Crippen molar-refractivity contribution in [1.82, 2.24) is 9.78 Å². The Morgan fingerprint density at radius 3 is 2.80 bits per heavy atom. The lowest BCUT2D eigenvalue weighted by atomic mass is 10.0. The molecule has 1 unspecified atom stereocenters. The minimum Gasteiger partial charge on any atom is -0.327 e. The fourth-order valence-electron chi connectivity index (χ4n) is 1.14. The topological polar surface area (TPSA) is 72.9 Å². The van der Waals surface area contributed by atoms with E-state index in [-0.39, 0.29) is 11.9 Å². The van der Waals surface area contributed by atoms with E-state index in [1.165, 1.54) is 0 Å². The normalized spacial score (nSPS) is 12.9. The molecule has 0 saturated heterocycles. The van der Waals surface area contributed by atoms with Gasteiger partial charge in [-0.15, -0.1) is 0 Å². The third-order valence-electron chi connectivity index (χ3n) is 2.37. The zero-order valence-electron chi connectivity index (χ0n) is 9.40. The predicted molar refractivity (Wildman–Crippen MR) is 59.3 cm³/mol. The molecule has 1 aromatic heterocycles. The molecule has 0 saturated carbocycles. The minimum absolute atomic E-state index is 0.0696. The lowest BCUT2D eigenvalue weighted by Crippen LogP contribution is -2.31. The summed E-state index contributed by atoms with van der Waals surface area (Å²) in [4.78, 5) is 11.5. The number of hydrogen-bond donors (Lipinski definition) is 2. The molecule has 0 fully saturated rings. The van der Waals surface area contributed by atoms with E-state index in [1.54, 1.807) is 24.0 Å². The number of nitrogens with zero attached hydrogens (tertiary/aromatic N) is 2. The first kappa shape index (κ1) is 11.7. The number of rotatable bonds is 4. The van der Waals surface area contributed by atoms with Crippen molar-refractivity contribution in [2.75, 3.05) is 5.32 Å². The van der Waals surface area contributed by atoms with E-state index in [1.807, 2.05) is 13.8 Å². The Bertz CT molecular complexity index is 332. The maximum Gasteiger partial charge on any atom is 0.227 e. The monoisotopic (exact) mass is 210 g/mol. The van der Waals surface area contributed by atoms with Gasteiger partial charge in [0.25, 0.3) is 0 Å². The van der Waals surface area contributed by atoms with E-state index in [2.05, 4.69) is 10.4 Å². The summed E-state index contributed by atoms with van der Waals surface area (Å²) in [5, 5.41) is 6.71. The van der Waals surface area contributed by atoms with Crippen LogP contribution in [-0.4, -0.2) is 21.7 Å². The molecule has 1 rings (SSSR count). The van der Waals surface area contributed by atoms with E-state index in [0.717, 1.165) is 0 Å². The zero-order valence-corrected chi connectivity index (χ0v) is 9.40.